The Bertz CT molecular complexity index is 492. The van der Waals surface area contributed by atoms with Crippen molar-refractivity contribution >= 4 is 5.69 Å². The molecular formula is C14H15N3O. The van der Waals surface area contributed by atoms with Crippen LogP contribution in [0.15, 0.2) is 42.7 Å². The van der Waals surface area contributed by atoms with Crippen molar-refractivity contribution in [2.24, 2.45) is 0 Å². The molecule has 1 aromatic heterocycles. The van der Waals surface area contributed by atoms with Crippen LogP contribution < -0.4 is 5.32 Å². The maximum Gasteiger partial charge on any atom is 0.159 e. The Hall–Kier alpha value is -1.94. The van der Waals surface area contributed by atoms with Gasteiger partial charge in [-0.05, 0) is 6.42 Å². The van der Waals surface area contributed by atoms with Crippen LogP contribution in [0.25, 0.3) is 11.4 Å². The molecule has 0 aliphatic carbocycles. The summed E-state index contributed by atoms with van der Waals surface area (Å²) >= 11 is 0. The van der Waals surface area contributed by atoms with Crippen LogP contribution in [0, 0.1) is 0 Å². The third-order valence-corrected chi connectivity index (χ3v) is 2.98. The van der Waals surface area contributed by atoms with Crippen molar-refractivity contribution in [1.82, 2.24) is 9.97 Å². The molecule has 1 unspecified atom stereocenters. The first-order valence-corrected chi connectivity index (χ1v) is 6.13. The topological polar surface area (TPSA) is 47.0 Å². The number of nitrogens with one attached hydrogen (secondary N) is 1. The highest BCUT2D eigenvalue weighted by molar-refractivity contribution is 5.55. The van der Waals surface area contributed by atoms with Crippen LogP contribution in [0.5, 0.6) is 0 Å². The van der Waals surface area contributed by atoms with Crippen molar-refractivity contribution in [3.8, 4) is 11.4 Å². The van der Waals surface area contributed by atoms with Crippen LogP contribution in [0.1, 0.15) is 6.42 Å². The fraction of sp³-hybridized carbons (Fsp3) is 0.286. The molecular weight excluding hydrogens is 226 g/mol. The highest BCUT2D eigenvalue weighted by Gasteiger charge is 2.15. The second-order valence-corrected chi connectivity index (χ2v) is 4.37. The maximum atomic E-state index is 5.32. The van der Waals surface area contributed by atoms with Crippen molar-refractivity contribution < 1.29 is 4.74 Å². The predicted molar refractivity (Wildman–Crippen MR) is 70.3 cm³/mol. The molecule has 4 heteroatoms. The van der Waals surface area contributed by atoms with Gasteiger partial charge in [-0.25, -0.2) is 9.97 Å². The summed E-state index contributed by atoms with van der Waals surface area (Å²) in [7, 11) is 0. The zero-order chi connectivity index (χ0) is 12.2. The monoisotopic (exact) mass is 241 g/mol. The van der Waals surface area contributed by atoms with E-state index in [4.69, 9.17) is 4.74 Å². The Balaban J connectivity index is 1.72. The molecule has 1 aromatic carbocycles. The molecule has 0 radical (unpaired) electrons. The van der Waals surface area contributed by atoms with Gasteiger partial charge in [-0.15, -0.1) is 0 Å². The predicted octanol–water partition coefficient (Wildman–Crippen LogP) is 2.34. The summed E-state index contributed by atoms with van der Waals surface area (Å²) in [5.41, 5.74) is 1.98. The molecule has 0 bridgehead atoms. The zero-order valence-corrected chi connectivity index (χ0v) is 10.0. The summed E-state index contributed by atoms with van der Waals surface area (Å²) < 4.78 is 5.32. The third-order valence-electron chi connectivity index (χ3n) is 2.98. The van der Waals surface area contributed by atoms with Crippen LogP contribution in [-0.2, 0) is 4.74 Å². The van der Waals surface area contributed by atoms with E-state index in [0.717, 1.165) is 36.7 Å². The summed E-state index contributed by atoms with van der Waals surface area (Å²) in [5.74, 6) is 0.754. The van der Waals surface area contributed by atoms with E-state index >= 15 is 0 Å². The van der Waals surface area contributed by atoms with Crippen LogP contribution in [0.3, 0.4) is 0 Å². The third kappa shape index (κ3) is 2.49. The zero-order valence-electron chi connectivity index (χ0n) is 10.0. The lowest BCUT2D eigenvalue weighted by atomic mass is 10.2. The Morgan fingerprint density at radius 2 is 1.89 bits per heavy atom. The first kappa shape index (κ1) is 11.2. The number of aromatic nitrogens is 2. The molecule has 1 fully saturated rings. The number of nitrogens with zero attached hydrogens (tertiary/aromatic N) is 2. The number of ether oxygens (including phenoxy) is 1. The minimum atomic E-state index is 0.385. The normalized spacial score (nSPS) is 18.8. The van der Waals surface area contributed by atoms with Gasteiger partial charge in [-0.3, -0.25) is 0 Å². The van der Waals surface area contributed by atoms with Gasteiger partial charge in [0.25, 0.3) is 0 Å². The fourth-order valence-corrected chi connectivity index (χ4v) is 2.02. The van der Waals surface area contributed by atoms with Crippen LogP contribution in [0.2, 0.25) is 0 Å². The quantitative estimate of drug-likeness (QED) is 0.896. The van der Waals surface area contributed by atoms with Crippen molar-refractivity contribution in [2.45, 2.75) is 12.5 Å². The molecule has 1 atom stereocenters. The van der Waals surface area contributed by atoms with Gasteiger partial charge < -0.3 is 10.1 Å². The number of benzene rings is 1. The fourth-order valence-electron chi connectivity index (χ4n) is 2.02. The molecule has 3 rings (SSSR count). The smallest absolute Gasteiger partial charge is 0.159 e. The minimum absolute atomic E-state index is 0.385. The Labute approximate surface area is 106 Å². The molecule has 1 aliphatic rings. The highest BCUT2D eigenvalue weighted by Crippen LogP contribution is 2.16. The summed E-state index contributed by atoms with van der Waals surface area (Å²) in [4.78, 5) is 8.75. The van der Waals surface area contributed by atoms with E-state index in [0.29, 0.717) is 6.04 Å². The van der Waals surface area contributed by atoms with E-state index in [2.05, 4.69) is 15.3 Å². The molecule has 2 aromatic rings. The van der Waals surface area contributed by atoms with Gasteiger partial charge in [0.1, 0.15) is 0 Å². The molecule has 92 valence electrons. The number of hydrogen-bond donors (Lipinski definition) is 1. The largest absolute Gasteiger partial charge is 0.379 e. The van der Waals surface area contributed by atoms with Crippen LogP contribution >= 0.6 is 0 Å². The molecule has 1 aliphatic heterocycles. The van der Waals surface area contributed by atoms with Gasteiger partial charge in [0.15, 0.2) is 5.82 Å². The van der Waals surface area contributed by atoms with Crippen molar-refractivity contribution in [2.75, 3.05) is 18.5 Å². The summed E-state index contributed by atoms with van der Waals surface area (Å²) in [6.07, 6.45) is 4.70. The van der Waals surface area contributed by atoms with E-state index in [1.165, 1.54) is 0 Å². The average Bonchev–Trinajstić information content (AvgIpc) is 2.94. The average molecular weight is 241 g/mol. The van der Waals surface area contributed by atoms with Gasteiger partial charge in [-0.1, -0.05) is 30.3 Å². The molecule has 4 nitrogen and oxygen atoms in total. The van der Waals surface area contributed by atoms with Gasteiger partial charge in [0.05, 0.1) is 30.7 Å². The number of rotatable bonds is 3. The maximum absolute atomic E-state index is 5.32. The van der Waals surface area contributed by atoms with E-state index in [1.807, 2.05) is 42.7 Å². The summed E-state index contributed by atoms with van der Waals surface area (Å²) in [6.45, 7) is 1.60. The lowest BCUT2D eigenvalue weighted by Gasteiger charge is -2.11. The van der Waals surface area contributed by atoms with E-state index in [1.54, 1.807) is 0 Å². The second kappa shape index (κ2) is 5.14. The molecule has 1 saturated heterocycles. The molecule has 0 amide bonds. The van der Waals surface area contributed by atoms with E-state index in [9.17, 15) is 0 Å². The van der Waals surface area contributed by atoms with Gasteiger partial charge in [0, 0.05) is 12.2 Å². The molecule has 0 spiro atoms. The number of anilines is 1. The number of hydrogen-bond acceptors (Lipinski definition) is 4. The van der Waals surface area contributed by atoms with Gasteiger partial charge in [0.2, 0.25) is 0 Å². The Morgan fingerprint density at radius 1 is 1.11 bits per heavy atom. The lowest BCUT2D eigenvalue weighted by molar-refractivity contribution is 0.195. The highest BCUT2D eigenvalue weighted by atomic mass is 16.5. The van der Waals surface area contributed by atoms with Crippen LogP contribution in [0.4, 0.5) is 5.69 Å². The Kier molecular flexibility index (Phi) is 3.19. The van der Waals surface area contributed by atoms with Gasteiger partial charge >= 0.3 is 0 Å². The molecule has 1 N–H and O–H groups in total. The second-order valence-electron chi connectivity index (χ2n) is 4.37. The first-order chi connectivity index (χ1) is 8.92. The minimum Gasteiger partial charge on any atom is -0.379 e. The van der Waals surface area contributed by atoms with E-state index in [-0.39, 0.29) is 0 Å². The lowest BCUT2D eigenvalue weighted by Crippen LogP contribution is -2.19. The standard InChI is InChI=1S/C14H15N3O/c1-2-4-11(5-3-1)14-15-8-13(9-16-14)17-12-6-7-18-10-12/h1-5,8-9,12,17H,6-7,10H2. The van der Waals surface area contributed by atoms with Crippen molar-refractivity contribution in [1.29, 1.82) is 0 Å². The van der Waals surface area contributed by atoms with Crippen molar-refractivity contribution in [3.05, 3.63) is 42.7 Å². The molecule has 2 heterocycles. The first-order valence-electron chi connectivity index (χ1n) is 6.13. The SMILES string of the molecule is c1ccc(-c2ncc(NC3CCOC3)cn2)cc1. The summed E-state index contributed by atoms with van der Waals surface area (Å²) in [6, 6.07) is 10.4. The molecule has 0 saturated carbocycles. The van der Waals surface area contributed by atoms with E-state index < -0.39 is 0 Å². The molecule has 18 heavy (non-hydrogen) atoms. The summed E-state index contributed by atoms with van der Waals surface area (Å²) in [5, 5.41) is 3.37. The Morgan fingerprint density at radius 3 is 2.56 bits per heavy atom. The van der Waals surface area contributed by atoms with Gasteiger partial charge in [-0.2, -0.15) is 0 Å². The van der Waals surface area contributed by atoms with Crippen LogP contribution in [-0.4, -0.2) is 29.2 Å². The van der Waals surface area contributed by atoms with Crippen molar-refractivity contribution in [3.63, 3.8) is 0 Å².